The Morgan fingerprint density at radius 2 is 1.76 bits per heavy atom. The van der Waals surface area contributed by atoms with Gasteiger partial charge in [0.1, 0.15) is 5.75 Å². The molecule has 21 heavy (non-hydrogen) atoms. The fourth-order valence-corrected chi connectivity index (χ4v) is 3.68. The molecule has 1 aromatic carbocycles. The molecule has 114 valence electrons. The van der Waals surface area contributed by atoms with Crippen molar-refractivity contribution in [2.75, 3.05) is 6.61 Å². The van der Waals surface area contributed by atoms with Crippen molar-refractivity contribution in [2.45, 2.75) is 46.7 Å². The lowest BCUT2D eigenvalue weighted by Crippen LogP contribution is -2.22. The Morgan fingerprint density at radius 1 is 1.10 bits per heavy atom. The van der Waals surface area contributed by atoms with Crippen molar-refractivity contribution >= 4 is 11.3 Å². The van der Waals surface area contributed by atoms with Crippen molar-refractivity contribution in [2.24, 2.45) is 0 Å². The summed E-state index contributed by atoms with van der Waals surface area (Å²) in [6, 6.07) is 11.3. The third kappa shape index (κ3) is 4.08. The maximum absolute atomic E-state index is 5.49. The first kappa shape index (κ1) is 16.1. The van der Waals surface area contributed by atoms with E-state index >= 15 is 0 Å². The smallest absolute Gasteiger partial charge is 0.119 e. The molecule has 2 unspecified atom stereocenters. The highest BCUT2D eigenvalue weighted by Crippen LogP contribution is 2.28. The molecule has 0 saturated heterocycles. The Balaban J connectivity index is 2.03. The van der Waals surface area contributed by atoms with Crippen LogP contribution in [0.5, 0.6) is 5.75 Å². The van der Waals surface area contributed by atoms with Crippen molar-refractivity contribution in [1.82, 2.24) is 5.32 Å². The van der Waals surface area contributed by atoms with E-state index in [0.717, 1.165) is 5.75 Å². The summed E-state index contributed by atoms with van der Waals surface area (Å²) in [6.07, 6.45) is 0. The number of rotatable bonds is 6. The molecule has 1 heterocycles. The van der Waals surface area contributed by atoms with Gasteiger partial charge in [-0.05, 0) is 63.9 Å². The summed E-state index contributed by atoms with van der Waals surface area (Å²) < 4.78 is 5.49. The summed E-state index contributed by atoms with van der Waals surface area (Å²) >= 11 is 1.87. The SMILES string of the molecule is CCOc1ccc(C(C)NC(C)c2cc(C)sc2C)cc1. The minimum absolute atomic E-state index is 0.315. The second-order valence-corrected chi connectivity index (χ2v) is 6.94. The first-order valence-electron chi connectivity index (χ1n) is 7.57. The zero-order valence-corrected chi connectivity index (χ0v) is 14.4. The molecule has 0 aliphatic carbocycles. The van der Waals surface area contributed by atoms with Gasteiger partial charge in [0.25, 0.3) is 0 Å². The van der Waals surface area contributed by atoms with Crippen LogP contribution in [0.25, 0.3) is 0 Å². The quantitative estimate of drug-likeness (QED) is 0.794. The third-order valence-electron chi connectivity index (χ3n) is 3.74. The zero-order chi connectivity index (χ0) is 15.4. The number of benzene rings is 1. The van der Waals surface area contributed by atoms with Crippen LogP contribution in [-0.2, 0) is 0 Å². The molecule has 3 heteroatoms. The molecule has 0 aliphatic rings. The van der Waals surface area contributed by atoms with E-state index in [1.165, 1.54) is 20.9 Å². The molecule has 0 amide bonds. The molecule has 2 atom stereocenters. The molecule has 2 nitrogen and oxygen atoms in total. The molecule has 1 N–H and O–H groups in total. The average molecular weight is 303 g/mol. The highest BCUT2D eigenvalue weighted by atomic mass is 32.1. The van der Waals surface area contributed by atoms with Gasteiger partial charge < -0.3 is 10.1 Å². The average Bonchev–Trinajstić information content (AvgIpc) is 2.79. The molecule has 0 aliphatic heterocycles. The molecule has 2 rings (SSSR count). The summed E-state index contributed by atoms with van der Waals surface area (Å²) in [4.78, 5) is 2.79. The van der Waals surface area contributed by atoms with E-state index in [-0.39, 0.29) is 0 Å². The van der Waals surface area contributed by atoms with Gasteiger partial charge in [0.2, 0.25) is 0 Å². The van der Waals surface area contributed by atoms with Crippen LogP contribution in [0.3, 0.4) is 0 Å². The lowest BCUT2D eigenvalue weighted by molar-refractivity contribution is 0.340. The van der Waals surface area contributed by atoms with Crippen molar-refractivity contribution < 1.29 is 4.74 Å². The van der Waals surface area contributed by atoms with Crippen LogP contribution < -0.4 is 10.1 Å². The topological polar surface area (TPSA) is 21.3 Å². The number of thiophene rings is 1. The first-order valence-corrected chi connectivity index (χ1v) is 8.38. The Kier molecular flexibility index (Phi) is 5.43. The molecule has 0 fully saturated rings. The summed E-state index contributed by atoms with van der Waals surface area (Å²) in [7, 11) is 0. The van der Waals surface area contributed by atoms with Gasteiger partial charge in [-0.25, -0.2) is 0 Å². The van der Waals surface area contributed by atoms with E-state index in [9.17, 15) is 0 Å². The number of hydrogen-bond donors (Lipinski definition) is 1. The molecule has 2 aromatic rings. The fourth-order valence-electron chi connectivity index (χ4n) is 2.66. The normalized spacial score (nSPS) is 14.0. The predicted octanol–water partition coefficient (Wildman–Crippen LogP) is 5.18. The molecule has 0 radical (unpaired) electrons. The maximum Gasteiger partial charge on any atom is 0.119 e. The number of aryl methyl sites for hydroxylation is 2. The lowest BCUT2D eigenvalue weighted by Gasteiger charge is -2.21. The molecular weight excluding hydrogens is 278 g/mol. The first-order chi connectivity index (χ1) is 10.0. The van der Waals surface area contributed by atoms with Crippen LogP contribution in [0.1, 0.15) is 53.7 Å². The largest absolute Gasteiger partial charge is 0.494 e. The van der Waals surface area contributed by atoms with Crippen LogP contribution in [0.4, 0.5) is 0 Å². The van der Waals surface area contributed by atoms with Gasteiger partial charge in [0.05, 0.1) is 6.61 Å². The molecule has 0 spiro atoms. The predicted molar refractivity (Wildman–Crippen MR) is 91.4 cm³/mol. The standard InChI is InChI=1S/C18H25NOS/c1-6-20-17-9-7-16(8-10-17)13(3)19-14(4)18-11-12(2)21-15(18)5/h7-11,13-14,19H,6H2,1-5H3. The Labute approximate surface area is 132 Å². The van der Waals surface area contributed by atoms with Crippen molar-refractivity contribution in [3.05, 3.63) is 51.2 Å². The Morgan fingerprint density at radius 3 is 2.29 bits per heavy atom. The Bertz CT molecular complexity index is 573. The lowest BCUT2D eigenvalue weighted by atomic mass is 10.0. The molecule has 1 aromatic heterocycles. The molecule has 0 bridgehead atoms. The number of nitrogens with one attached hydrogen (secondary N) is 1. The minimum atomic E-state index is 0.315. The van der Waals surface area contributed by atoms with E-state index < -0.39 is 0 Å². The number of hydrogen-bond acceptors (Lipinski definition) is 3. The summed E-state index contributed by atoms with van der Waals surface area (Å²) in [6.45, 7) is 11.5. The van der Waals surface area contributed by atoms with E-state index in [1.807, 2.05) is 30.4 Å². The molecular formula is C18H25NOS. The van der Waals surface area contributed by atoms with Crippen LogP contribution in [0.2, 0.25) is 0 Å². The second-order valence-electron chi connectivity index (χ2n) is 5.48. The third-order valence-corrected chi connectivity index (χ3v) is 4.72. The van der Waals surface area contributed by atoms with Crippen molar-refractivity contribution in [3.63, 3.8) is 0 Å². The fraction of sp³-hybridized carbons (Fsp3) is 0.444. The van der Waals surface area contributed by atoms with E-state index in [0.29, 0.717) is 18.7 Å². The number of ether oxygens (including phenoxy) is 1. The van der Waals surface area contributed by atoms with Gasteiger partial charge in [-0.2, -0.15) is 0 Å². The van der Waals surface area contributed by atoms with E-state index in [2.05, 4.69) is 51.2 Å². The van der Waals surface area contributed by atoms with Gasteiger partial charge in [0, 0.05) is 21.8 Å². The van der Waals surface area contributed by atoms with Crippen LogP contribution in [0, 0.1) is 13.8 Å². The van der Waals surface area contributed by atoms with Crippen LogP contribution >= 0.6 is 11.3 Å². The van der Waals surface area contributed by atoms with Gasteiger partial charge in [-0.1, -0.05) is 12.1 Å². The summed E-state index contributed by atoms with van der Waals surface area (Å²) in [5.41, 5.74) is 2.70. The van der Waals surface area contributed by atoms with Crippen LogP contribution in [-0.4, -0.2) is 6.61 Å². The van der Waals surface area contributed by atoms with E-state index in [4.69, 9.17) is 4.74 Å². The van der Waals surface area contributed by atoms with Gasteiger partial charge in [-0.3, -0.25) is 0 Å². The Hall–Kier alpha value is -1.32. The van der Waals surface area contributed by atoms with Gasteiger partial charge >= 0.3 is 0 Å². The highest BCUT2D eigenvalue weighted by Gasteiger charge is 2.14. The van der Waals surface area contributed by atoms with Gasteiger partial charge in [0.15, 0.2) is 0 Å². The molecule has 0 saturated carbocycles. The second kappa shape index (κ2) is 7.10. The van der Waals surface area contributed by atoms with Crippen molar-refractivity contribution in [1.29, 1.82) is 0 Å². The van der Waals surface area contributed by atoms with Crippen molar-refractivity contribution in [3.8, 4) is 5.75 Å². The van der Waals surface area contributed by atoms with Crippen LogP contribution in [0.15, 0.2) is 30.3 Å². The maximum atomic E-state index is 5.49. The highest BCUT2D eigenvalue weighted by molar-refractivity contribution is 7.12. The summed E-state index contributed by atoms with van der Waals surface area (Å²) in [5.74, 6) is 0.936. The zero-order valence-electron chi connectivity index (χ0n) is 13.6. The van der Waals surface area contributed by atoms with E-state index in [1.54, 1.807) is 0 Å². The van der Waals surface area contributed by atoms with Gasteiger partial charge in [-0.15, -0.1) is 11.3 Å². The summed E-state index contributed by atoms with van der Waals surface area (Å²) in [5, 5.41) is 3.68. The monoisotopic (exact) mass is 303 g/mol. The minimum Gasteiger partial charge on any atom is -0.494 e.